The lowest BCUT2D eigenvalue weighted by molar-refractivity contribution is -0.143. The second kappa shape index (κ2) is 6.72. The number of halogens is 3. The standard InChI is InChI=1S/C15H15F3N2O3/c1-3-20(11-7-5-4-6-8-11)12(21)9-22-14-10(2)13(19-23-14)15(16,17)18/h4-8H,3,9H2,1-2H3. The first-order valence-corrected chi connectivity index (χ1v) is 6.86. The fourth-order valence-electron chi connectivity index (χ4n) is 2.04. The SMILES string of the molecule is CCN(C(=O)COc1onc(C(F)(F)F)c1C)c1ccccc1. The first kappa shape index (κ1) is 16.9. The molecule has 124 valence electrons. The highest BCUT2D eigenvalue weighted by Crippen LogP contribution is 2.34. The quantitative estimate of drug-likeness (QED) is 0.844. The van der Waals surface area contributed by atoms with E-state index in [9.17, 15) is 18.0 Å². The summed E-state index contributed by atoms with van der Waals surface area (Å²) in [5, 5.41) is 2.94. The number of likely N-dealkylation sites (N-methyl/N-ethyl adjacent to an activating group) is 1. The zero-order chi connectivity index (χ0) is 17.0. The van der Waals surface area contributed by atoms with Gasteiger partial charge < -0.3 is 14.2 Å². The molecule has 0 aliphatic carbocycles. The van der Waals surface area contributed by atoms with E-state index in [2.05, 4.69) is 9.68 Å². The number of para-hydroxylation sites is 1. The van der Waals surface area contributed by atoms with Crippen LogP contribution in [0.25, 0.3) is 0 Å². The number of ether oxygens (including phenoxy) is 1. The summed E-state index contributed by atoms with van der Waals surface area (Å²) in [7, 11) is 0. The number of aromatic nitrogens is 1. The molecular weight excluding hydrogens is 313 g/mol. The van der Waals surface area contributed by atoms with Crippen LogP contribution in [-0.2, 0) is 11.0 Å². The van der Waals surface area contributed by atoms with Crippen LogP contribution < -0.4 is 9.64 Å². The van der Waals surface area contributed by atoms with Gasteiger partial charge in [-0.05, 0) is 26.0 Å². The number of nitrogens with zero attached hydrogens (tertiary/aromatic N) is 2. The van der Waals surface area contributed by atoms with Crippen molar-refractivity contribution in [1.29, 1.82) is 0 Å². The van der Waals surface area contributed by atoms with Gasteiger partial charge in [-0.2, -0.15) is 13.2 Å². The number of hydrogen-bond acceptors (Lipinski definition) is 4. The molecule has 0 saturated heterocycles. The van der Waals surface area contributed by atoms with Crippen LogP contribution in [-0.4, -0.2) is 24.2 Å². The number of carbonyl (C=O) groups is 1. The van der Waals surface area contributed by atoms with Crippen molar-refractivity contribution in [3.63, 3.8) is 0 Å². The molecule has 0 unspecified atom stereocenters. The molecule has 0 radical (unpaired) electrons. The summed E-state index contributed by atoms with van der Waals surface area (Å²) in [6.07, 6.45) is -4.63. The summed E-state index contributed by atoms with van der Waals surface area (Å²) in [5.41, 5.74) is -0.766. The average Bonchev–Trinajstić information content (AvgIpc) is 2.88. The van der Waals surface area contributed by atoms with Gasteiger partial charge in [0, 0.05) is 12.2 Å². The van der Waals surface area contributed by atoms with E-state index < -0.39 is 30.3 Å². The number of anilines is 1. The van der Waals surface area contributed by atoms with Crippen LogP contribution in [0.2, 0.25) is 0 Å². The zero-order valence-corrected chi connectivity index (χ0v) is 12.6. The molecule has 2 rings (SSSR count). The van der Waals surface area contributed by atoms with Crippen molar-refractivity contribution in [1.82, 2.24) is 5.16 Å². The minimum atomic E-state index is -4.63. The van der Waals surface area contributed by atoms with Crippen molar-refractivity contribution in [3.8, 4) is 5.95 Å². The van der Waals surface area contributed by atoms with Crippen LogP contribution in [0, 0.1) is 6.92 Å². The third-order valence-electron chi connectivity index (χ3n) is 3.16. The molecule has 0 N–H and O–H groups in total. The van der Waals surface area contributed by atoms with Gasteiger partial charge in [-0.15, -0.1) is 0 Å². The summed E-state index contributed by atoms with van der Waals surface area (Å²) < 4.78 is 47.4. The van der Waals surface area contributed by atoms with Crippen LogP contribution in [0.15, 0.2) is 34.9 Å². The van der Waals surface area contributed by atoms with Crippen LogP contribution in [0.4, 0.5) is 18.9 Å². The molecule has 0 atom stereocenters. The van der Waals surface area contributed by atoms with E-state index in [0.717, 1.165) is 0 Å². The maximum atomic E-state index is 12.6. The van der Waals surface area contributed by atoms with Crippen LogP contribution in [0.5, 0.6) is 5.95 Å². The van der Waals surface area contributed by atoms with Crippen molar-refractivity contribution >= 4 is 11.6 Å². The van der Waals surface area contributed by atoms with Gasteiger partial charge >= 0.3 is 12.1 Å². The Morgan fingerprint density at radius 1 is 1.30 bits per heavy atom. The minimum Gasteiger partial charge on any atom is -0.453 e. The molecule has 8 heteroatoms. The van der Waals surface area contributed by atoms with Gasteiger partial charge in [-0.25, -0.2) is 0 Å². The van der Waals surface area contributed by atoms with Gasteiger partial charge in [0.15, 0.2) is 12.3 Å². The van der Waals surface area contributed by atoms with Crippen LogP contribution in [0.1, 0.15) is 18.2 Å². The molecule has 2 aromatic rings. The lowest BCUT2D eigenvalue weighted by atomic mass is 10.2. The smallest absolute Gasteiger partial charge is 0.437 e. The Morgan fingerprint density at radius 3 is 2.48 bits per heavy atom. The molecule has 1 aromatic heterocycles. The summed E-state index contributed by atoms with van der Waals surface area (Å²) in [6.45, 7) is 2.91. The first-order chi connectivity index (χ1) is 10.8. The summed E-state index contributed by atoms with van der Waals surface area (Å²) in [5.74, 6) is -0.808. The highest BCUT2D eigenvalue weighted by atomic mass is 19.4. The van der Waals surface area contributed by atoms with Crippen molar-refractivity contribution < 1.29 is 27.2 Å². The van der Waals surface area contributed by atoms with Crippen molar-refractivity contribution in [2.75, 3.05) is 18.1 Å². The normalized spacial score (nSPS) is 11.3. The Morgan fingerprint density at radius 2 is 1.96 bits per heavy atom. The monoisotopic (exact) mass is 328 g/mol. The maximum absolute atomic E-state index is 12.6. The molecule has 0 aliphatic rings. The molecule has 0 aliphatic heterocycles. The second-order valence-electron chi connectivity index (χ2n) is 4.70. The van der Waals surface area contributed by atoms with Gasteiger partial charge in [-0.3, -0.25) is 4.79 Å². The topological polar surface area (TPSA) is 55.6 Å². The molecule has 0 saturated carbocycles. The van der Waals surface area contributed by atoms with E-state index in [4.69, 9.17) is 4.74 Å². The van der Waals surface area contributed by atoms with Gasteiger partial charge in [0.05, 0.1) is 5.56 Å². The van der Waals surface area contributed by atoms with E-state index in [-0.39, 0.29) is 5.56 Å². The lowest BCUT2D eigenvalue weighted by Gasteiger charge is -2.20. The summed E-state index contributed by atoms with van der Waals surface area (Å²) in [6, 6.07) is 8.88. The molecule has 0 bridgehead atoms. The Balaban J connectivity index is 2.06. The fourth-order valence-corrected chi connectivity index (χ4v) is 2.04. The van der Waals surface area contributed by atoms with E-state index in [1.807, 2.05) is 6.07 Å². The van der Waals surface area contributed by atoms with E-state index in [0.29, 0.717) is 12.2 Å². The summed E-state index contributed by atoms with van der Waals surface area (Å²) >= 11 is 0. The average molecular weight is 328 g/mol. The number of benzene rings is 1. The molecule has 5 nitrogen and oxygen atoms in total. The van der Waals surface area contributed by atoms with Crippen LogP contribution >= 0.6 is 0 Å². The van der Waals surface area contributed by atoms with Gasteiger partial charge in [0.1, 0.15) is 0 Å². The second-order valence-corrected chi connectivity index (χ2v) is 4.70. The van der Waals surface area contributed by atoms with Crippen molar-refractivity contribution in [3.05, 3.63) is 41.6 Å². The number of hydrogen-bond donors (Lipinski definition) is 0. The predicted octanol–water partition coefficient (Wildman–Crippen LogP) is 3.43. The highest BCUT2D eigenvalue weighted by molar-refractivity contribution is 5.94. The third kappa shape index (κ3) is 3.82. The predicted molar refractivity (Wildman–Crippen MR) is 76.2 cm³/mol. The van der Waals surface area contributed by atoms with Gasteiger partial charge in [0.2, 0.25) is 0 Å². The van der Waals surface area contributed by atoms with E-state index in [1.165, 1.54) is 11.8 Å². The molecule has 1 amide bonds. The highest BCUT2D eigenvalue weighted by Gasteiger charge is 2.38. The van der Waals surface area contributed by atoms with Crippen molar-refractivity contribution in [2.45, 2.75) is 20.0 Å². The molecular formula is C15H15F3N2O3. The van der Waals surface area contributed by atoms with E-state index >= 15 is 0 Å². The van der Waals surface area contributed by atoms with Gasteiger partial charge in [-0.1, -0.05) is 23.4 Å². The maximum Gasteiger partial charge on any atom is 0.437 e. The molecule has 1 aromatic carbocycles. The molecule has 0 fully saturated rings. The minimum absolute atomic E-state index is 0.284. The molecule has 23 heavy (non-hydrogen) atoms. The van der Waals surface area contributed by atoms with Gasteiger partial charge in [0.25, 0.3) is 5.91 Å². The lowest BCUT2D eigenvalue weighted by Crippen LogP contribution is -2.34. The number of amides is 1. The van der Waals surface area contributed by atoms with E-state index in [1.54, 1.807) is 31.2 Å². The van der Waals surface area contributed by atoms with Crippen LogP contribution in [0.3, 0.4) is 0 Å². The fraction of sp³-hybridized carbons (Fsp3) is 0.333. The number of rotatable bonds is 5. The Hall–Kier alpha value is -2.51. The Bertz CT molecular complexity index is 668. The Labute approximate surface area is 130 Å². The number of alkyl halides is 3. The zero-order valence-electron chi connectivity index (χ0n) is 12.6. The molecule has 1 heterocycles. The number of carbonyl (C=O) groups excluding carboxylic acids is 1. The van der Waals surface area contributed by atoms with Crippen molar-refractivity contribution in [2.24, 2.45) is 0 Å². The molecule has 0 spiro atoms. The Kier molecular flexibility index (Phi) is 4.92. The largest absolute Gasteiger partial charge is 0.453 e. The third-order valence-corrected chi connectivity index (χ3v) is 3.16. The summed E-state index contributed by atoms with van der Waals surface area (Å²) in [4.78, 5) is 13.6. The first-order valence-electron chi connectivity index (χ1n) is 6.86.